The average Bonchev–Trinajstić information content (AvgIpc) is 2.38. The average molecular weight is 315 g/mol. The molecule has 0 unspecified atom stereocenters. The van der Waals surface area contributed by atoms with Gasteiger partial charge in [-0.15, -0.1) is 0 Å². The number of rotatable bonds is 9. The summed E-state index contributed by atoms with van der Waals surface area (Å²) < 4.78 is 6.24. The van der Waals surface area contributed by atoms with E-state index < -0.39 is 0 Å². The van der Waals surface area contributed by atoms with Crippen molar-refractivity contribution in [2.24, 2.45) is 0 Å². The van der Waals surface area contributed by atoms with Crippen LogP contribution in [0.1, 0.15) is 18.4 Å². The van der Waals surface area contributed by atoms with E-state index in [0.29, 0.717) is 0 Å². The molecule has 102 valence electrons. The number of hydrogen-bond donors (Lipinski definition) is 2. The van der Waals surface area contributed by atoms with Crippen LogP contribution in [0.2, 0.25) is 0 Å². The van der Waals surface area contributed by atoms with Gasteiger partial charge in [0, 0.05) is 0 Å². The Bertz CT molecular complexity index is 345. The largest absolute Gasteiger partial charge is 0.496 e. The van der Waals surface area contributed by atoms with Gasteiger partial charge in [-0.25, -0.2) is 0 Å². The Morgan fingerprint density at radius 2 is 1.94 bits per heavy atom. The molecule has 1 rings (SSSR count). The molecule has 0 aromatic heterocycles. The van der Waals surface area contributed by atoms with Gasteiger partial charge in [-0.05, 0) is 79.6 Å². The first kappa shape index (κ1) is 15.5. The molecule has 3 nitrogen and oxygen atoms in total. The fourth-order valence-electron chi connectivity index (χ4n) is 1.77. The van der Waals surface area contributed by atoms with Crippen LogP contribution in [0, 0.1) is 0 Å². The van der Waals surface area contributed by atoms with Crippen molar-refractivity contribution in [1.82, 2.24) is 10.6 Å². The maximum atomic E-state index is 5.21. The summed E-state index contributed by atoms with van der Waals surface area (Å²) in [6.45, 7) is 3.23. The number of hydrogen-bond acceptors (Lipinski definition) is 3. The standard InChI is InChI=1S/C14H23BrN2O/c1-16-8-3-4-9-17-10-7-12-5-6-14(18-2)13(15)11-12/h5-6,11,16-17H,3-4,7-10H2,1-2H3. The number of ether oxygens (including phenoxy) is 1. The van der Waals surface area contributed by atoms with Gasteiger partial charge in [0.25, 0.3) is 0 Å². The van der Waals surface area contributed by atoms with Crippen LogP contribution in [0.4, 0.5) is 0 Å². The molecule has 18 heavy (non-hydrogen) atoms. The highest BCUT2D eigenvalue weighted by Gasteiger charge is 2.00. The van der Waals surface area contributed by atoms with Crippen LogP contribution in [-0.4, -0.2) is 33.8 Å². The second-order valence-electron chi connectivity index (χ2n) is 4.28. The topological polar surface area (TPSA) is 33.3 Å². The van der Waals surface area contributed by atoms with Crippen molar-refractivity contribution in [3.63, 3.8) is 0 Å². The number of unbranched alkanes of at least 4 members (excludes halogenated alkanes) is 1. The second kappa shape index (κ2) is 9.36. The molecule has 2 N–H and O–H groups in total. The van der Waals surface area contributed by atoms with Crippen molar-refractivity contribution in [2.45, 2.75) is 19.3 Å². The van der Waals surface area contributed by atoms with Crippen LogP contribution >= 0.6 is 15.9 Å². The Kier molecular flexibility index (Phi) is 8.05. The summed E-state index contributed by atoms with van der Waals surface area (Å²) in [5.74, 6) is 0.888. The molecule has 0 saturated heterocycles. The van der Waals surface area contributed by atoms with Gasteiger partial charge < -0.3 is 15.4 Å². The quantitative estimate of drug-likeness (QED) is 0.687. The van der Waals surface area contributed by atoms with Crippen molar-refractivity contribution in [1.29, 1.82) is 0 Å². The van der Waals surface area contributed by atoms with Gasteiger partial charge in [0.2, 0.25) is 0 Å². The van der Waals surface area contributed by atoms with E-state index in [9.17, 15) is 0 Å². The van der Waals surface area contributed by atoms with Crippen LogP contribution in [-0.2, 0) is 6.42 Å². The molecule has 0 saturated carbocycles. The first-order valence-corrected chi connectivity index (χ1v) is 7.25. The van der Waals surface area contributed by atoms with Crippen LogP contribution in [0.3, 0.4) is 0 Å². The molecule has 0 aliphatic rings. The van der Waals surface area contributed by atoms with E-state index in [2.05, 4.69) is 38.7 Å². The van der Waals surface area contributed by atoms with Crippen molar-refractivity contribution in [3.05, 3.63) is 28.2 Å². The Hall–Kier alpha value is -0.580. The maximum absolute atomic E-state index is 5.21. The molecular weight excluding hydrogens is 292 g/mol. The van der Waals surface area contributed by atoms with Gasteiger partial charge in [0.15, 0.2) is 0 Å². The maximum Gasteiger partial charge on any atom is 0.133 e. The van der Waals surface area contributed by atoms with Gasteiger partial charge in [0.05, 0.1) is 11.6 Å². The van der Waals surface area contributed by atoms with Crippen molar-refractivity contribution < 1.29 is 4.74 Å². The molecule has 0 aliphatic heterocycles. The first-order valence-electron chi connectivity index (χ1n) is 6.45. The predicted octanol–water partition coefficient (Wildman–Crippen LogP) is 2.59. The second-order valence-corrected chi connectivity index (χ2v) is 5.13. The lowest BCUT2D eigenvalue weighted by molar-refractivity contribution is 0.412. The minimum absolute atomic E-state index is 0.888. The number of benzene rings is 1. The van der Waals surface area contributed by atoms with E-state index in [0.717, 1.165) is 36.3 Å². The monoisotopic (exact) mass is 314 g/mol. The lowest BCUT2D eigenvalue weighted by Gasteiger charge is -2.07. The zero-order chi connectivity index (χ0) is 13.2. The molecule has 0 amide bonds. The van der Waals surface area contributed by atoms with E-state index in [1.54, 1.807) is 7.11 Å². The van der Waals surface area contributed by atoms with Crippen LogP contribution < -0.4 is 15.4 Å². The van der Waals surface area contributed by atoms with Gasteiger partial charge in [-0.2, -0.15) is 0 Å². The normalized spacial score (nSPS) is 10.6. The highest BCUT2D eigenvalue weighted by atomic mass is 79.9. The molecule has 0 atom stereocenters. The van der Waals surface area contributed by atoms with Gasteiger partial charge >= 0.3 is 0 Å². The van der Waals surface area contributed by atoms with Crippen molar-refractivity contribution in [3.8, 4) is 5.75 Å². The third kappa shape index (κ3) is 5.85. The molecule has 0 aliphatic carbocycles. The van der Waals surface area contributed by atoms with E-state index in [4.69, 9.17) is 4.74 Å². The fraction of sp³-hybridized carbons (Fsp3) is 0.571. The van der Waals surface area contributed by atoms with Crippen LogP contribution in [0.5, 0.6) is 5.75 Å². The fourth-order valence-corrected chi connectivity index (χ4v) is 2.36. The number of nitrogens with one attached hydrogen (secondary N) is 2. The number of methoxy groups -OCH3 is 1. The third-order valence-corrected chi connectivity index (χ3v) is 3.46. The Morgan fingerprint density at radius 3 is 2.61 bits per heavy atom. The minimum Gasteiger partial charge on any atom is -0.496 e. The molecule has 1 aromatic carbocycles. The smallest absolute Gasteiger partial charge is 0.133 e. The molecule has 0 spiro atoms. The van der Waals surface area contributed by atoms with Gasteiger partial charge in [-0.1, -0.05) is 6.07 Å². The Labute approximate surface area is 118 Å². The SMILES string of the molecule is CNCCCCNCCc1ccc(OC)c(Br)c1. The van der Waals surface area contributed by atoms with E-state index >= 15 is 0 Å². The molecular formula is C14H23BrN2O. The highest BCUT2D eigenvalue weighted by molar-refractivity contribution is 9.10. The molecule has 0 heterocycles. The van der Waals surface area contributed by atoms with Crippen molar-refractivity contribution >= 4 is 15.9 Å². The van der Waals surface area contributed by atoms with Crippen LogP contribution in [0.15, 0.2) is 22.7 Å². The first-order chi connectivity index (χ1) is 8.77. The predicted molar refractivity (Wildman–Crippen MR) is 80.4 cm³/mol. The summed E-state index contributed by atoms with van der Waals surface area (Å²) in [6, 6.07) is 6.25. The van der Waals surface area contributed by atoms with Gasteiger partial charge in [0.1, 0.15) is 5.75 Å². The summed E-state index contributed by atoms with van der Waals surface area (Å²) in [5.41, 5.74) is 1.32. The Morgan fingerprint density at radius 1 is 1.17 bits per heavy atom. The summed E-state index contributed by atoms with van der Waals surface area (Å²) in [7, 11) is 3.68. The summed E-state index contributed by atoms with van der Waals surface area (Å²) >= 11 is 3.51. The zero-order valence-electron chi connectivity index (χ0n) is 11.3. The van der Waals surface area contributed by atoms with E-state index in [1.807, 2.05) is 13.1 Å². The molecule has 0 bridgehead atoms. The summed E-state index contributed by atoms with van der Waals surface area (Å²) in [4.78, 5) is 0. The lowest BCUT2D eigenvalue weighted by atomic mass is 10.1. The Balaban J connectivity index is 2.17. The number of halogens is 1. The van der Waals surface area contributed by atoms with E-state index in [1.165, 1.54) is 18.4 Å². The lowest BCUT2D eigenvalue weighted by Crippen LogP contribution is -2.19. The molecule has 0 fully saturated rings. The summed E-state index contributed by atoms with van der Waals surface area (Å²) in [6.07, 6.45) is 3.51. The third-order valence-electron chi connectivity index (χ3n) is 2.84. The zero-order valence-corrected chi connectivity index (χ0v) is 12.8. The molecule has 4 heteroatoms. The summed E-state index contributed by atoms with van der Waals surface area (Å²) in [5, 5.41) is 6.62. The van der Waals surface area contributed by atoms with Gasteiger partial charge in [-0.3, -0.25) is 0 Å². The molecule has 1 aromatic rings. The molecule has 0 radical (unpaired) electrons. The van der Waals surface area contributed by atoms with E-state index in [-0.39, 0.29) is 0 Å². The highest BCUT2D eigenvalue weighted by Crippen LogP contribution is 2.25. The van der Waals surface area contributed by atoms with Crippen molar-refractivity contribution in [2.75, 3.05) is 33.8 Å². The van der Waals surface area contributed by atoms with Crippen LogP contribution in [0.25, 0.3) is 0 Å². The minimum atomic E-state index is 0.888.